The molecule has 2 heterocycles. The number of nitrogens with one attached hydrogen (secondary N) is 2. The zero-order valence-corrected chi connectivity index (χ0v) is 18.2. The molecule has 166 valence electrons. The smallest absolute Gasteiger partial charge is 0.321 e. The third-order valence-corrected chi connectivity index (χ3v) is 5.81. The highest BCUT2D eigenvalue weighted by atomic mass is 32.2. The van der Waals surface area contributed by atoms with Gasteiger partial charge in [-0.3, -0.25) is 14.7 Å². The van der Waals surface area contributed by atoms with Gasteiger partial charge in [0.2, 0.25) is 5.91 Å². The van der Waals surface area contributed by atoms with E-state index in [1.807, 2.05) is 41.8 Å². The van der Waals surface area contributed by atoms with Crippen molar-refractivity contribution in [2.75, 3.05) is 6.61 Å². The van der Waals surface area contributed by atoms with E-state index in [4.69, 9.17) is 4.74 Å². The molecule has 1 unspecified atom stereocenters. The first kappa shape index (κ1) is 21.8. The van der Waals surface area contributed by atoms with Gasteiger partial charge >= 0.3 is 6.03 Å². The number of nitrogens with zero attached hydrogens (tertiary/aromatic N) is 3. The summed E-state index contributed by atoms with van der Waals surface area (Å²) in [6, 6.07) is 13.0. The van der Waals surface area contributed by atoms with E-state index in [2.05, 4.69) is 20.8 Å². The molecule has 8 nitrogen and oxygen atoms in total. The predicted octanol–water partition coefficient (Wildman–Crippen LogP) is 3.24. The summed E-state index contributed by atoms with van der Waals surface area (Å²) < 4.78 is 21.0. The lowest BCUT2D eigenvalue weighted by atomic mass is 10.1. The highest BCUT2D eigenvalue weighted by Gasteiger charge is 2.26. The minimum absolute atomic E-state index is 0.160. The number of urea groups is 1. The number of carbonyl (C=O) groups excluding carboxylic acids is 2. The first-order valence-corrected chi connectivity index (χ1v) is 11.2. The molecule has 1 aliphatic rings. The number of rotatable bonds is 8. The minimum atomic E-state index is -0.515. The maximum atomic E-state index is 13.5. The topological polar surface area (TPSA) is 98.1 Å². The van der Waals surface area contributed by atoms with E-state index >= 15 is 0 Å². The number of benzene rings is 2. The van der Waals surface area contributed by atoms with Gasteiger partial charge in [0.05, 0.1) is 6.61 Å². The van der Waals surface area contributed by atoms with Gasteiger partial charge in [-0.25, -0.2) is 9.18 Å². The fourth-order valence-electron chi connectivity index (χ4n) is 3.44. The normalized spacial score (nSPS) is 15.9. The van der Waals surface area contributed by atoms with Crippen molar-refractivity contribution in [3.05, 3.63) is 65.7 Å². The molecule has 1 atom stereocenters. The van der Waals surface area contributed by atoms with Crippen LogP contribution < -0.4 is 15.4 Å². The standard InChI is InChI=1S/C22H22FN5O3S/c1-2-31-18-8-6-17(7-9-18)28-19(11-16-12-20(29)25-21(30)24-16)26-27-22(28)32-13-14-4-3-5-15(23)10-14/h3-10,16H,2,11-13H2,1H3,(H2,24,25,29,30). The number of hydrogen-bond acceptors (Lipinski definition) is 6. The predicted molar refractivity (Wildman–Crippen MR) is 117 cm³/mol. The molecule has 3 amide bonds. The van der Waals surface area contributed by atoms with Crippen LogP contribution in [0.2, 0.25) is 0 Å². The maximum absolute atomic E-state index is 13.5. The van der Waals surface area contributed by atoms with E-state index in [9.17, 15) is 14.0 Å². The lowest BCUT2D eigenvalue weighted by molar-refractivity contribution is -0.121. The van der Waals surface area contributed by atoms with Crippen molar-refractivity contribution in [1.82, 2.24) is 25.4 Å². The molecule has 1 fully saturated rings. The van der Waals surface area contributed by atoms with Gasteiger partial charge in [0.15, 0.2) is 5.16 Å². The molecule has 4 rings (SSSR count). The van der Waals surface area contributed by atoms with Crippen LogP contribution in [0.3, 0.4) is 0 Å². The Morgan fingerprint density at radius 1 is 1.19 bits per heavy atom. The Morgan fingerprint density at radius 2 is 2.00 bits per heavy atom. The van der Waals surface area contributed by atoms with Crippen molar-refractivity contribution in [3.8, 4) is 11.4 Å². The van der Waals surface area contributed by atoms with Crippen molar-refractivity contribution in [2.45, 2.75) is 36.7 Å². The van der Waals surface area contributed by atoms with Gasteiger partial charge in [-0.15, -0.1) is 10.2 Å². The largest absolute Gasteiger partial charge is 0.494 e. The minimum Gasteiger partial charge on any atom is -0.494 e. The Kier molecular flexibility index (Phi) is 6.69. The molecule has 0 bridgehead atoms. The van der Waals surface area contributed by atoms with Crippen molar-refractivity contribution in [1.29, 1.82) is 0 Å². The van der Waals surface area contributed by atoms with Crippen LogP contribution in [0.1, 0.15) is 24.7 Å². The van der Waals surface area contributed by atoms with Gasteiger partial charge in [-0.1, -0.05) is 23.9 Å². The first-order chi connectivity index (χ1) is 15.5. The molecular weight excluding hydrogens is 433 g/mol. The molecule has 10 heteroatoms. The average molecular weight is 456 g/mol. The van der Waals surface area contributed by atoms with Gasteiger partial charge in [0, 0.05) is 30.3 Å². The molecule has 32 heavy (non-hydrogen) atoms. The fourth-order valence-corrected chi connectivity index (χ4v) is 4.35. The van der Waals surface area contributed by atoms with Crippen LogP contribution in [0.4, 0.5) is 9.18 Å². The fraction of sp³-hybridized carbons (Fsp3) is 0.273. The Balaban J connectivity index is 1.61. The van der Waals surface area contributed by atoms with E-state index in [-0.39, 0.29) is 24.2 Å². The van der Waals surface area contributed by atoms with Crippen molar-refractivity contribution in [3.63, 3.8) is 0 Å². The third kappa shape index (κ3) is 5.25. The average Bonchev–Trinajstić information content (AvgIpc) is 3.15. The van der Waals surface area contributed by atoms with Crippen LogP contribution in [0.15, 0.2) is 53.7 Å². The zero-order valence-electron chi connectivity index (χ0n) is 17.4. The SMILES string of the molecule is CCOc1ccc(-n2c(CC3CC(=O)NC(=O)N3)nnc2SCc2cccc(F)c2)cc1. The van der Waals surface area contributed by atoms with Gasteiger partial charge in [0.1, 0.15) is 17.4 Å². The summed E-state index contributed by atoms with van der Waals surface area (Å²) >= 11 is 1.43. The summed E-state index contributed by atoms with van der Waals surface area (Å²) in [4.78, 5) is 23.4. The van der Waals surface area contributed by atoms with Crippen LogP contribution in [-0.4, -0.2) is 39.4 Å². The second kappa shape index (κ2) is 9.82. The van der Waals surface area contributed by atoms with Gasteiger partial charge < -0.3 is 10.1 Å². The maximum Gasteiger partial charge on any atom is 0.321 e. The van der Waals surface area contributed by atoms with Crippen molar-refractivity contribution < 1.29 is 18.7 Å². The lowest BCUT2D eigenvalue weighted by Crippen LogP contribution is -2.53. The van der Waals surface area contributed by atoms with Crippen LogP contribution in [-0.2, 0) is 17.0 Å². The summed E-state index contributed by atoms with van der Waals surface area (Å²) in [6.45, 7) is 2.48. The van der Waals surface area contributed by atoms with Crippen molar-refractivity contribution in [2.24, 2.45) is 0 Å². The van der Waals surface area contributed by atoms with Crippen LogP contribution in [0.5, 0.6) is 5.75 Å². The number of ether oxygens (including phenoxy) is 1. The quantitative estimate of drug-likeness (QED) is 0.506. The highest BCUT2D eigenvalue weighted by molar-refractivity contribution is 7.98. The number of thioether (sulfide) groups is 1. The summed E-state index contributed by atoms with van der Waals surface area (Å²) in [7, 11) is 0. The van der Waals surface area contributed by atoms with Gasteiger partial charge in [-0.05, 0) is 48.9 Å². The number of amides is 3. The first-order valence-electron chi connectivity index (χ1n) is 10.2. The number of aromatic nitrogens is 3. The molecule has 1 saturated heterocycles. The van der Waals surface area contributed by atoms with Crippen LogP contribution in [0.25, 0.3) is 5.69 Å². The second-order valence-electron chi connectivity index (χ2n) is 7.21. The molecule has 1 aliphatic heterocycles. The number of carbonyl (C=O) groups is 2. The van der Waals surface area contributed by atoms with Gasteiger partial charge in [0.25, 0.3) is 0 Å². The molecule has 0 radical (unpaired) electrons. The molecule has 1 aromatic heterocycles. The number of halogens is 1. The lowest BCUT2D eigenvalue weighted by Gasteiger charge is -2.23. The summed E-state index contributed by atoms with van der Waals surface area (Å²) in [5, 5.41) is 14.3. The van der Waals surface area contributed by atoms with E-state index in [0.717, 1.165) is 17.0 Å². The molecule has 0 aliphatic carbocycles. The molecule has 2 aromatic carbocycles. The Labute approximate surface area is 188 Å². The highest BCUT2D eigenvalue weighted by Crippen LogP contribution is 2.27. The Bertz CT molecular complexity index is 1100. The van der Waals surface area contributed by atoms with Crippen LogP contribution in [0, 0.1) is 5.82 Å². The van der Waals surface area contributed by atoms with Crippen molar-refractivity contribution >= 4 is 23.7 Å². The summed E-state index contributed by atoms with van der Waals surface area (Å²) in [5.74, 6) is 1.25. The Hall–Kier alpha value is -3.40. The van der Waals surface area contributed by atoms with E-state index in [1.165, 1.54) is 23.9 Å². The molecule has 0 spiro atoms. The zero-order chi connectivity index (χ0) is 22.5. The van der Waals surface area contributed by atoms with Crippen LogP contribution >= 0.6 is 11.8 Å². The molecular formula is C22H22FN5O3S. The summed E-state index contributed by atoms with van der Waals surface area (Å²) in [6.07, 6.45) is 0.494. The van der Waals surface area contributed by atoms with Gasteiger partial charge in [-0.2, -0.15) is 0 Å². The third-order valence-electron chi connectivity index (χ3n) is 4.81. The second-order valence-corrected chi connectivity index (χ2v) is 8.15. The van der Waals surface area contributed by atoms with E-state index < -0.39 is 6.03 Å². The number of imide groups is 1. The molecule has 0 saturated carbocycles. The Morgan fingerprint density at radius 3 is 2.72 bits per heavy atom. The molecule has 2 N–H and O–H groups in total. The molecule has 3 aromatic rings. The van der Waals surface area contributed by atoms with E-state index in [0.29, 0.717) is 29.8 Å². The monoisotopic (exact) mass is 455 g/mol. The number of hydrogen-bond donors (Lipinski definition) is 2. The summed E-state index contributed by atoms with van der Waals surface area (Å²) in [5.41, 5.74) is 1.65. The van der Waals surface area contributed by atoms with E-state index in [1.54, 1.807) is 6.07 Å².